The van der Waals surface area contributed by atoms with Crippen LogP contribution in [0.3, 0.4) is 0 Å². The van der Waals surface area contributed by atoms with Gasteiger partial charge in [0, 0.05) is 27.1 Å². The summed E-state index contributed by atoms with van der Waals surface area (Å²) in [6.07, 6.45) is 1.52. The topological polar surface area (TPSA) is 90.5 Å². The van der Waals surface area contributed by atoms with Gasteiger partial charge in [-0.2, -0.15) is 5.10 Å². The van der Waals surface area contributed by atoms with Crippen LogP contribution in [-0.4, -0.2) is 47.3 Å². The molecule has 0 aliphatic carbocycles. The number of nitrogens with two attached hydrogens (primary N) is 1. The van der Waals surface area contributed by atoms with E-state index in [0.717, 1.165) is 5.69 Å². The summed E-state index contributed by atoms with van der Waals surface area (Å²) in [4.78, 5) is 24.9. The van der Waals surface area contributed by atoms with Crippen LogP contribution in [-0.2, 0) is 23.0 Å². The summed E-state index contributed by atoms with van der Waals surface area (Å²) in [7, 11) is 4.72. The molecule has 1 aromatic rings. The molecule has 0 fully saturated rings. The molecule has 0 saturated carbocycles. The largest absolute Gasteiger partial charge is 0.469 e. The molecule has 0 atom stereocenters. The molecule has 1 heterocycles. The van der Waals surface area contributed by atoms with E-state index in [1.54, 1.807) is 14.1 Å². The Balaban J connectivity index is 2.70. The molecule has 0 aliphatic heterocycles. The van der Waals surface area contributed by atoms with Crippen molar-refractivity contribution in [3.63, 3.8) is 0 Å². The van der Waals surface area contributed by atoms with E-state index in [9.17, 15) is 9.59 Å². The molecule has 0 saturated heterocycles. The maximum atomic E-state index is 12.3. The van der Waals surface area contributed by atoms with Gasteiger partial charge in [0.15, 0.2) is 0 Å². The van der Waals surface area contributed by atoms with Gasteiger partial charge in [-0.3, -0.25) is 14.3 Å². The fraction of sp³-hybridized carbons (Fsp3) is 0.615. The number of hydrogen-bond donors (Lipinski definition) is 1. The lowest BCUT2D eigenvalue weighted by Crippen LogP contribution is -2.30. The Hall–Kier alpha value is -2.05. The lowest BCUT2D eigenvalue weighted by molar-refractivity contribution is -0.140. The molecule has 2 N–H and O–H groups in total. The molecule has 0 aliphatic rings. The number of hydrogen-bond acceptors (Lipinski definition) is 5. The molecule has 0 aromatic carbocycles. The van der Waals surface area contributed by atoms with Crippen LogP contribution in [0.1, 0.15) is 35.9 Å². The van der Waals surface area contributed by atoms with Crippen LogP contribution >= 0.6 is 0 Å². The minimum absolute atomic E-state index is 0.193. The van der Waals surface area contributed by atoms with Crippen molar-refractivity contribution < 1.29 is 14.3 Å². The highest BCUT2D eigenvalue weighted by Gasteiger charge is 2.22. The van der Waals surface area contributed by atoms with E-state index in [0.29, 0.717) is 30.8 Å². The van der Waals surface area contributed by atoms with Gasteiger partial charge in [0.2, 0.25) is 0 Å². The highest BCUT2D eigenvalue weighted by molar-refractivity contribution is 5.97. The van der Waals surface area contributed by atoms with Crippen molar-refractivity contribution in [3.05, 3.63) is 11.4 Å². The van der Waals surface area contributed by atoms with E-state index >= 15 is 0 Å². The Morgan fingerprint density at radius 1 is 1.45 bits per heavy atom. The van der Waals surface area contributed by atoms with E-state index in [2.05, 4.69) is 9.84 Å². The summed E-state index contributed by atoms with van der Waals surface area (Å²) in [5.74, 6) is -0.471. The van der Waals surface area contributed by atoms with Crippen molar-refractivity contribution in [1.29, 1.82) is 0 Å². The minimum Gasteiger partial charge on any atom is -0.469 e. The first-order chi connectivity index (χ1) is 9.42. The molecule has 0 unspecified atom stereocenters. The van der Waals surface area contributed by atoms with Crippen molar-refractivity contribution in [2.75, 3.05) is 26.4 Å². The molecule has 1 amide bonds. The molecule has 0 radical (unpaired) electrons. The molecule has 1 rings (SSSR count). The number of aryl methyl sites for hydroxylation is 2. The second-order valence-corrected chi connectivity index (χ2v) is 4.59. The van der Waals surface area contributed by atoms with Gasteiger partial charge in [-0.15, -0.1) is 0 Å². The SMILES string of the molecule is CCc1nn(C)c(C(=O)N(C)CCCC(=O)OC)c1N. The van der Waals surface area contributed by atoms with E-state index in [4.69, 9.17) is 5.73 Å². The molecule has 20 heavy (non-hydrogen) atoms. The molecule has 0 spiro atoms. The number of methoxy groups -OCH3 is 1. The van der Waals surface area contributed by atoms with Crippen molar-refractivity contribution in [3.8, 4) is 0 Å². The number of amides is 1. The van der Waals surface area contributed by atoms with Crippen LogP contribution < -0.4 is 5.73 Å². The summed E-state index contributed by atoms with van der Waals surface area (Å²) in [6.45, 7) is 2.40. The number of esters is 1. The Kier molecular flexibility index (Phi) is 5.54. The Morgan fingerprint density at radius 3 is 2.60 bits per heavy atom. The van der Waals surface area contributed by atoms with Crippen molar-refractivity contribution in [2.24, 2.45) is 7.05 Å². The molecule has 7 nitrogen and oxygen atoms in total. The van der Waals surface area contributed by atoms with Gasteiger partial charge >= 0.3 is 5.97 Å². The van der Waals surface area contributed by atoms with E-state index in [1.165, 1.54) is 16.7 Å². The number of carbonyl (C=O) groups is 2. The summed E-state index contributed by atoms with van der Waals surface area (Å²) in [5.41, 5.74) is 7.49. The normalized spacial score (nSPS) is 10.4. The second kappa shape index (κ2) is 6.93. The van der Waals surface area contributed by atoms with Crippen molar-refractivity contribution in [1.82, 2.24) is 14.7 Å². The van der Waals surface area contributed by atoms with Crippen LogP contribution in [0.5, 0.6) is 0 Å². The van der Waals surface area contributed by atoms with Gasteiger partial charge in [-0.25, -0.2) is 0 Å². The lowest BCUT2D eigenvalue weighted by atomic mass is 10.2. The maximum Gasteiger partial charge on any atom is 0.305 e. The summed E-state index contributed by atoms with van der Waals surface area (Å²) in [5, 5.41) is 4.22. The first-order valence-electron chi connectivity index (χ1n) is 6.55. The molecule has 0 bridgehead atoms. The van der Waals surface area contributed by atoms with Crippen LogP contribution in [0.25, 0.3) is 0 Å². The van der Waals surface area contributed by atoms with Crippen LogP contribution in [0.15, 0.2) is 0 Å². The van der Waals surface area contributed by atoms with E-state index < -0.39 is 0 Å². The zero-order valence-electron chi connectivity index (χ0n) is 12.5. The number of nitrogen functional groups attached to an aromatic ring is 1. The van der Waals surface area contributed by atoms with Gasteiger partial charge in [0.1, 0.15) is 5.69 Å². The third-order valence-corrected chi connectivity index (χ3v) is 3.15. The first kappa shape index (κ1) is 16.0. The molecular weight excluding hydrogens is 260 g/mol. The van der Waals surface area contributed by atoms with Gasteiger partial charge in [0.05, 0.1) is 18.5 Å². The van der Waals surface area contributed by atoms with Crippen LogP contribution in [0.4, 0.5) is 5.69 Å². The smallest absolute Gasteiger partial charge is 0.305 e. The predicted octanol–water partition coefficient (Wildman–Crippen LogP) is 0.590. The third-order valence-electron chi connectivity index (χ3n) is 3.15. The Labute approximate surface area is 118 Å². The number of aromatic nitrogens is 2. The zero-order valence-corrected chi connectivity index (χ0v) is 12.5. The maximum absolute atomic E-state index is 12.3. The monoisotopic (exact) mass is 282 g/mol. The van der Waals surface area contributed by atoms with Crippen LogP contribution in [0.2, 0.25) is 0 Å². The zero-order chi connectivity index (χ0) is 15.3. The molecule has 112 valence electrons. The average Bonchev–Trinajstić information content (AvgIpc) is 2.72. The van der Waals surface area contributed by atoms with Gasteiger partial charge in [-0.05, 0) is 12.8 Å². The standard InChI is InChI=1S/C13H22N4O3/c1-5-9-11(14)12(17(3)15-9)13(19)16(2)8-6-7-10(18)20-4/h5-8,14H2,1-4H3. The number of nitrogens with zero attached hydrogens (tertiary/aromatic N) is 3. The van der Waals surface area contributed by atoms with Gasteiger partial charge < -0.3 is 15.4 Å². The predicted molar refractivity (Wildman–Crippen MR) is 75.2 cm³/mol. The van der Waals surface area contributed by atoms with Gasteiger partial charge in [-0.1, -0.05) is 6.92 Å². The minimum atomic E-state index is -0.279. The average molecular weight is 282 g/mol. The highest BCUT2D eigenvalue weighted by Crippen LogP contribution is 2.18. The third kappa shape index (κ3) is 3.49. The number of rotatable bonds is 6. The summed E-state index contributed by atoms with van der Waals surface area (Å²) >= 11 is 0. The Bertz CT molecular complexity index is 496. The first-order valence-corrected chi connectivity index (χ1v) is 6.55. The van der Waals surface area contributed by atoms with Crippen molar-refractivity contribution >= 4 is 17.6 Å². The van der Waals surface area contributed by atoms with Crippen LogP contribution in [0, 0.1) is 0 Å². The fourth-order valence-electron chi connectivity index (χ4n) is 1.96. The van der Waals surface area contributed by atoms with Gasteiger partial charge in [0.25, 0.3) is 5.91 Å². The quantitative estimate of drug-likeness (QED) is 0.771. The summed E-state index contributed by atoms with van der Waals surface area (Å²) < 4.78 is 6.06. The number of carbonyl (C=O) groups excluding carboxylic acids is 2. The van der Waals surface area contributed by atoms with E-state index in [1.807, 2.05) is 6.92 Å². The number of ether oxygens (including phenoxy) is 1. The molecule has 7 heteroatoms. The number of anilines is 1. The Morgan fingerprint density at radius 2 is 2.10 bits per heavy atom. The summed E-state index contributed by atoms with van der Waals surface area (Å²) in [6, 6.07) is 0. The molecular formula is C13H22N4O3. The molecule has 1 aromatic heterocycles. The lowest BCUT2D eigenvalue weighted by Gasteiger charge is -2.17. The second-order valence-electron chi connectivity index (χ2n) is 4.59. The van der Waals surface area contributed by atoms with Crippen molar-refractivity contribution in [2.45, 2.75) is 26.2 Å². The fourth-order valence-corrected chi connectivity index (χ4v) is 1.96. The van der Waals surface area contributed by atoms with E-state index in [-0.39, 0.29) is 18.3 Å². The highest BCUT2D eigenvalue weighted by atomic mass is 16.5.